The van der Waals surface area contributed by atoms with Gasteiger partial charge in [-0.15, -0.1) is 0 Å². The molecule has 2 N–H and O–H groups in total. The predicted octanol–water partition coefficient (Wildman–Crippen LogP) is 3.28. The Morgan fingerprint density at radius 3 is 2.39 bits per heavy atom. The number of hydrogen-bond donors (Lipinski definition) is 1. The molecule has 1 unspecified atom stereocenters. The van der Waals surface area contributed by atoms with Crippen LogP contribution in [0.5, 0.6) is 5.75 Å². The maximum absolute atomic E-state index is 6.28. The van der Waals surface area contributed by atoms with E-state index < -0.39 is 0 Å². The minimum absolute atomic E-state index is 0.0889. The highest BCUT2D eigenvalue weighted by molar-refractivity contribution is 5.36. The molecule has 0 amide bonds. The molecule has 18 heavy (non-hydrogen) atoms. The smallest absolute Gasteiger partial charge is 0.120 e. The normalized spacial score (nSPS) is 16.3. The quantitative estimate of drug-likeness (QED) is 0.888. The highest BCUT2D eigenvalue weighted by Crippen LogP contribution is 2.29. The number of benzene rings is 2. The number of nitrogens with two attached hydrogens (primary N) is 1. The Hall–Kier alpha value is -1.80. The van der Waals surface area contributed by atoms with Crippen LogP contribution in [0, 0.1) is 0 Å². The Bertz CT molecular complexity index is 520. The van der Waals surface area contributed by atoms with Crippen molar-refractivity contribution in [3.63, 3.8) is 0 Å². The van der Waals surface area contributed by atoms with Crippen molar-refractivity contribution in [2.45, 2.75) is 25.0 Å². The zero-order valence-corrected chi connectivity index (χ0v) is 10.3. The molecule has 0 bridgehead atoms. The standard InChI is InChI=1S/C16H17NO/c17-16(12-5-2-1-3-6-12)13-7-4-8-15(11-13)18-14-9-10-14/h1-8,11,14,16H,9-10,17H2. The van der Waals surface area contributed by atoms with Gasteiger partial charge in [0.1, 0.15) is 5.75 Å². The second kappa shape index (κ2) is 4.83. The summed E-state index contributed by atoms with van der Waals surface area (Å²) in [5.74, 6) is 0.932. The van der Waals surface area contributed by atoms with Gasteiger partial charge in [0.15, 0.2) is 0 Å². The van der Waals surface area contributed by atoms with Crippen molar-refractivity contribution < 1.29 is 4.74 Å². The summed E-state index contributed by atoms with van der Waals surface area (Å²) in [7, 11) is 0. The van der Waals surface area contributed by atoms with Gasteiger partial charge >= 0.3 is 0 Å². The first-order valence-electron chi connectivity index (χ1n) is 6.40. The molecule has 92 valence electrons. The van der Waals surface area contributed by atoms with Crippen LogP contribution in [0.2, 0.25) is 0 Å². The van der Waals surface area contributed by atoms with Crippen molar-refractivity contribution in [1.29, 1.82) is 0 Å². The van der Waals surface area contributed by atoms with E-state index in [9.17, 15) is 0 Å². The number of ether oxygens (including phenoxy) is 1. The summed E-state index contributed by atoms with van der Waals surface area (Å²) in [6.07, 6.45) is 2.78. The highest BCUT2D eigenvalue weighted by Gasteiger charge is 2.23. The van der Waals surface area contributed by atoms with Gasteiger partial charge in [-0.3, -0.25) is 0 Å². The molecule has 1 aliphatic carbocycles. The van der Waals surface area contributed by atoms with E-state index in [1.54, 1.807) is 0 Å². The largest absolute Gasteiger partial charge is 0.490 e. The topological polar surface area (TPSA) is 35.2 Å². The summed E-state index contributed by atoms with van der Waals surface area (Å²) in [6, 6.07) is 18.2. The van der Waals surface area contributed by atoms with Crippen molar-refractivity contribution in [1.82, 2.24) is 0 Å². The van der Waals surface area contributed by atoms with Crippen LogP contribution in [0.15, 0.2) is 54.6 Å². The third-order valence-electron chi connectivity index (χ3n) is 3.20. The van der Waals surface area contributed by atoms with Crippen LogP contribution in [0.3, 0.4) is 0 Å². The molecule has 1 atom stereocenters. The first kappa shape index (κ1) is 11.3. The first-order valence-corrected chi connectivity index (χ1v) is 6.40. The van der Waals surface area contributed by atoms with E-state index in [1.807, 2.05) is 30.3 Å². The summed E-state index contributed by atoms with van der Waals surface area (Å²) >= 11 is 0. The van der Waals surface area contributed by atoms with Crippen LogP contribution < -0.4 is 10.5 Å². The van der Waals surface area contributed by atoms with E-state index in [4.69, 9.17) is 10.5 Å². The molecule has 0 radical (unpaired) electrons. The molecule has 0 aliphatic heterocycles. The van der Waals surface area contributed by atoms with Crippen molar-refractivity contribution in [2.24, 2.45) is 5.73 Å². The van der Waals surface area contributed by atoms with Gasteiger partial charge in [-0.25, -0.2) is 0 Å². The van der Waals surface area contributed by atoms with Crippen LogP contribution >= 0.6 is 0 Å². The van der Waals surface area contributed by atoms with E-state index in [1.165, 1.54) is 12.8 Å². The monoisotopic (exact) mass is 239 g/mol. The molecule has 2 aromatic rings. The van der Waals surface area contributed by atoms with E-state index in [0.29, 0.717) is 6.10 Å². The molecule has 0 aromatic heterocycles. The maximum Gasteiger partial charge on any atom is 0.120 e. The van der Waals surface area contributed by atoms with Crippen molar-refractivity contribution in [2.75, 3.05) is 0 Å². The Labute approximate surface area is 107 Å². The second-order valence-corrected chi connectivity index (χ2v) is 4.78. The van der Waals surface area contributed by atoms with Crippen LogP contribution in [-0.4, -0.2) is 6.10 Å². The molecule has 1 saturated carbocycles. The fourth-order valence-electron chi connectivity index (χ4n) is 2.01. The van der Waals surface area contributed by atoms with Crippen LogP contribution in [-0.2, 0) is 0 Å². The summed E-state index contributed by atoms with van der Waals surface area (Å²) in [4.78, 5) is 0. The average Bonchev–Trinajstić information content (AvgIpc) is 3.23. The third kappa shape index (κ3) is 2.54. The van der Waals surface area contributed by atoms with Crippen molar-refractivity contribution in [3.8, 4) is 5.75 Å². The molecule has 2 heteroatoms. The van der Waals surface area contributed by atoms with E-state index in [0.717, 1.165) is 16.9 Å². The molecule has 1 aliphatic rings. The number of hydrogen-bond acceptors (Lipinski definition) is 2. The van der Waals surface area contributed by atoms with Gasteiger partial charge in [0, 0.05) is 0 Å². The van der Waals surface area contributed by atoms with Crippen LogP contribution in [0.4, 0.5) is 0 Å². The van der Waals surface area contributed by atoms with Gasteiger partial charge in [0.2, 0.25) is 0 Å². The number of rotatable bonds is 4. The third-order valence-corrected chi connectivity index (χ3v) is 3.20. The van der Waals surface area contributed by atoms with Gasteiger partial charge in [0.05, 0.1) is 12.1 Å². The zero-order chi connectivity index (χ0) is 12.4. The Morgan fingerprint density at radius 2 is 1.67 bits per heavy atom. The van der Waals surface area contributed by atoms with Gasteiger partial charge < -0.3 is 10.5 Å². The summed E-state index contributed by atoms with van der Waals surface area (Å²) < 4.78 is 5.80. The molecular weight excluding hydrogens is 222 g/mol. The fraction of sp³-hybridized carbons (Fsp3) is 0.250. The van der Waals surface area contributed by atoms with Gasteiger partial charge in [-0.05, 0) is 36.1 Å². The molecule has 2 aromatic carbocycles. The Balaban J connectivity index is 1.82. The summed E-state index contributed by atoms with van der Waals surface area (Å²) in [5.41, 5.74) is 8.50. The zero-order valence-electron chi connectivity index (χ0n) is 10.3. The maximum atomic E-state index is 6.28. The molecule has 0 heterocycles. The Morgan fingerprint density at radius 1 is 0.944 bits per heavy atom. The van der Waals surface area contributed by atoms with Gasteiger partial charge in [-0.2, -0.15) is 0 Å². The van der Waals surface area contributed by atoms with E-state index in [-0.39, 0.29) is 6.04 Å². The minimum Gasteiger partial charge on any atom is -0.490 e. The lowest BCUT2D eigenvalue weighted by molar-refractivity contribution is 0.303. The lowest BCUT2D eigenvalue weighted by Gasteiger charge is -2.14. The van der Waals surface area contributed by atoms with Gasteiger partial charge in [-0.1, -0.05) is 42.5 Å². The molecular formula is C16H17NO. The average molecular weight is 239 g/mol. The predicted molar refractivity (Wildman–Crippen MR) is 72.6 cm³/mol. The van der Waals surface area contributed by atoms with Crippen molar-refractivity contribution >= 4 is 0 Å². The molecule has 3 rings (SSSR count). The van der Waals surface area contributed by atoms with E-state index in [2.05, 4.69) is 24.3 Å². The Kier molecular flexibility index (Phi) is 3.03. The van der Waals surface area contributed by atoms with Crippen LogP contribution in [0.25, 0.3) is 0 Å². The summed E-state index contributed by atoms with van der Waals surface area (Å²) in [6.45, 7) is 0. The van der Waals surface area contributed by atoms with Gasteiger partial charge in [0.25, 0.3) is 0 Å². The molecule has 2 nitrogen and oxygen atoms in total. The minimum atomic E-state index is -0.0889. The fourth-order valence-corrected chi connectivity index (χ4v) is 2.01. The molecule has 0 saturated heterocycles. The van der Waals surface area contributed by atoms with Crippen molar-refractivity contribution in [3.05, 3.63) is 65.7 Å². The lowest BCUT2D eigenvalue weighted by atomic mass is 10.00. The summed E-state index contributed by atoms with van der Waals surface area (Å²) in [5, 5.41) is 0. The van der Waals surface area contributed by atoms with Crippen LogP contribution in [0.1, 0.15) is 30.0 Å². The SMILES string of the molecule is NC(c1ccccc1)c1cccc(OC2CC2)c1. The first-order chi connectivity index (χ1) is 8.83. The highest BCUT2D eigenvalue weighted by atomic mass is 16.5. The lowest BCUT2D eigenvalue weighted by Crippen LogP contribution is -2.11. The van der Waals surface area contributed by atoms with E-state index >= 15 is 0 Å². The molecule has 0 spiro atoms. The molecule has 1 fully saturated rings. The second-order valence-electron chi connectivity index (χ2n) is 4.78.